The summed E-state index contributed by atoms with van der Waals surface area (Å²) in [5.74, 6) is 0.296. The molecule has 0 atom stereocenters. The topological polar surface area (TPSA) is 42.2 Å². The van der Waals surface area contributed by atoms with Crippen molar-refractivity contribution in [2.24, 2.45) is 0 Å². The first-order valence-corrected chi connectivity index (χ1v) is 7.01. The molecule has 1 aliphatic carbocycles. The summed E-state index contributed by atoms with van der Waals surface area (Å²) in [4.78, 5) is 12.0. The summed E-state index contributed by atoms with van der Waals surface area (Å²) in [6.45, 7) is 0. The number of rotatable bonds is 2. The molecule has 0 unspecified atom stereocenters. The van der Waals surface area contributed by atoms with Gasteiger partial charge in [0.2, 0.25) is 0 Å². The van der Waals surface area contributed by atoms with Crippen LogP contribution in [0.4, 0.5) is 0 Å². The van der Waals surface area contributed by atoms with Crippen LogP contribution in [-0.2, 0) is 0 Å². The van der Waals surface area contributed by atoms with Gasteiger partial charge in [0.25, 0.3) is 5.91 Å². The van der Waals surface area contributed by atoms with Crippen molar-refractivity contribution in [2.75, 3.05) is 0 Å². The van der Waals surface area contributed by atoms with Crippen molar-refractivity contribution in [3.63, 3.8) is 0 Å². The lowest BCUT2D eigenvalue weighted by Crippen LogP contribution is -2.32. The van der Waals surface area contributed by atoms with Crippen molar-refractivity contribution in [3.05, 3.63) is 34.5 Å². The van der Waals surface area contributed by atoms with E-state index in [1.54, 1.807) is 6.07 Å². The number of furan rings is 1. The van der Waals surface area contributed by atoms with E-state index in [2.05, 4.69) is 21.2 Å². The Morgan fingerprint density at radius 3 is 2.83 bits per heavy atom. The normalized spacial score (nSPS) is 16.3. The summed E-state index contributed by atoms with van der Waals surface area (Å²) in [6.07, 6.45) is 4.57. The lowest BCUT2D eigenvalue weighted by molar-refractivity contribution is 0.0912. The third-order valence-corrected chi connectivity index (χ3v) is 3.89. The Hall–Kier alpha value is -1.29. The molecule has 1 saturated carbocycles. The fourth-order valence-electron chi connectivity index (χ4n) is 2.44. The third kappa shape index (κ3) is 2.29. The molecule has 2 aromatic rings. The fourth-order valence-corrected chi connectivity index (χ4v) is 2.78. The summed E-state index contributed by atoms with van der Waals surface area (Å²) >= 11 is 3.39. The first-order chi connectivity index (χ1) is 8.72. The predicted molar refractivity (Wildman–Crippen MR) is 73.6 cm³/mol. The zero-order valence-corrected chi connectivity index (χ0v) is 11.5. The van der Waals surface area contributed by atoms with Crippen molar-refractivity contribution < 1.29 is 9.21 Å². The van der Waals surface area contributed by atoms with Gasteiger partial charge in [-0.2, -0.15) is 0 Å². The number of carbonyl (C=O) groups excluding carboxylic acids is 1. The third-order valence-electron chi connectivity index (χ3n) is 3.40. The molecular weight excluding hydrogens is 294 g/mol. The first kappa shape index (κ1) is 11.8. The van der Waals surface area contributed by atoms with Crippen LogP contribution in [0.3, 0.4) is 0 Å². The summed E-state index contributed by atoms with van der Waals surface area (Å²) in [7, 11) is 0. The van der Waals surface area contributed by atoms with Crippen LogP contribution in [0.1, 0.15) is 36.2 Å². The number of fused-ring (bicyclic) bond motifs is 1. The fraction of sp³-hybridized carbons (Fsp3) is 0.357. The molecule has 1 aromatic heterocycles. The zero-order valence-electron chi connectivity index (χ0n) is 9.91. The van der Waals surface area contributed by atoms with E-state index in [1.807, 2.05) is 18.2 Å². The highest BCUT2D eigenvalue weighted by Gasteiger charge is 2.20. The Balaban J connectivity index is 1.82. The molecule has 0 saturated heterocycles. The van der Waals surface area contributed by atoms with Gasteiger partial charge in [-0.1, -0.05) is 28.8 Å². The minimum absolute atomic E-state index is 0.103. The van der Waals surface area contributed by atoms with Gasteiger partial charge >= 0.3 is 0 Å². The lowest BCUT2D eigenvalue weighted by Gasteiger charge is -2.09. The molecule has 3 rings (SSSR count). The predicted octanol–water partition coefficient (Wildman–Crippen LogP) is 3.87. The van der Waals surface area contributed by atoms with E-state index >= 15 is 0 Å². The number of hydrogen-bond acceptors (Lipinski definition) is 2. The molecular formula is C14H14BrNO2. The van der Waals surface area contributed by atoms with Crippen LogP contribution in [0, 0.1) is 0 Å². The number of amides is 1. The van der Waals surface area contributed by atoms with Crippen LogP contribution in [0.2, 0.25) is 0 Å². The van der Waals surface area contributed by atoms with E-state index < -0.39 is 0 Å². The number of benzene rings is 1. The molecule has 0 aliphatic heterocycles. The van der Waals surface area contributed by atoms with E-state index in [1.165, 1.54) is 12.8 Å². The van der Waals surface area contributed by atoms with Crippen LogP contribution in [0.15, 0.2) is 33.2 Å². The molecule has 0 spiro atoms. The SMILES string of the molecule is O=C(NC1CCCC1)c1cc2ccc(Br)cc2o1. The van der Waals surface area contributed by atoms with Crippen molar-refractivity contribution in [2.45, 2.75) is 31.7 Å². The molecule has 94 valence electrons. The molecule has 4 heteroatoms. The number of carbonyl (C=O) groups is 1. The van der Waals surface area contributed by atoms with Crippen LogP contribution >= 0.6 is 15.9 Å². The molecule has 0 radical (unpaired) electrons. The van der Waals surface area contributed by atoms with Crippen molar-refractivity contribution in [1.29, 1.82) is 0 Å². The lowest BCUT2D eigenvalue weighted by atomic mass is 10.2. The number of nitrogens with one attached hydrogen (secondary N) is 1. The maximum absolute atomic E-state index is 12.0. The average molecular weight is 308 g/mol. The highest BCUT2D eigenvalue weighted by molar-refractivity contribution is 9.10. The second-order valence-electron chi connectivity index (χ2n) is 4.75. The average Bonchev–Trinajstić information content (AvgIpc) is 2.96. The Bertz CT molecular complexity index is 584. The van der Waals surface area contributed by atoms with Crippen LogP contribution in [0.5, 0.6) is 0 Å². The Kier molecular flexibility index (Phi) is 3.12. The molecule has 1 aliphatic rings. The van der Waals surface area contributed by atoms with Gasteiger partial charge in [0, 0.05) is 15.9 Å². The summed E-state index contributed by atoms with van der Waals surface area (Å²) in [6, 6.07) is 7.87. The summed E-state index contributed by atoms with van der Waals surface area (Å²) < 4.78 is 6.53. The highest BCUT2D eigenvalue weighted by Crippen LogP contribution is 2.24. The molecule has 1 amide bonds. The van der Waals surface area contributed by atoms with Gasteiger partial charge in [0.15, 0.2) is 5.76 Å². The Morgan fingerprint density at radius 2 is 2.06 bits per heavy atom. The van der Waals surface area contributed by atoms with Gasteiger partial charge in [0.05, 0.1) is 0 Å². The maximum Gasteiger partial charge on any atom is 0.287 e. The molecule has 3 nitrogen and oxygen atoms in total. The van der Waals surface area contributed by atoms with Gasteiger partial charge in [0.1, 0.15) is 5.58 Å². The van der Waals surface area contributed by atoms with Crippen molar-refractivity contribution >= 4 is 32.8 Å². The van der Waals surface area contributed by atoms with Crippen LogP contribution < -0.4 is 5.32 Å². The van der Waals surface area contributed by atoms with E-state index in [0.717, 1.165) is 28.3 Å². The van der Waals surface area contributed by atoms with Crippen LogP contribution in [0.25, 0.3) is 11.0 Å². The van der Waals surface area contributed by atoms with Gasteiger partial charge < -0.3 is 9.73 Å². The van der Waals surface area contributed by atoms with E-state index in [9.17, 15) is 4.79 Å². The molecule has 0 bridgehead atoms. The maximum atomic E-state index is 12.0. The van der Waals surface area contributed by atoms with Crippen molar-refractivity contribution in [1.82, 2.24) is 5.32 Å². The molecule has 1 heterocycles. The van der Waals surface area contributed by atoms with Gasteiger partial charge in [-0.15, -0.1) is 0 Å². The monoisotopic (exact) mass is 307 g/mol. The molecule has 1 aromatic carbocycles. The smallest absolute Gasteiger partial charge is 0.287 e. The van der Waals surface area contributed by atoms with E-state index in [-0.39, 0.29) is 5.91 Å². The Morgan fingerprint density at radius 1 is 1.28 bits per heavy atom. The van der Waals surface area contributed by atoms with Gasteiger partial charge in [-0.25, -0.2) is 0 Å². The largest absolute Gasteiger partial charge is 0.451 e. The second kappa shape index (κ2) is 4.76. The van der Waals surface area contributed by atoms with E-state index in [0.29, 0.717) is 11.8 Å². The summed E-state index contributed by atoms with van der Waals surface area (Å²) in [5.41, 5.74) is 0.737. The minimum atomic E-state index is -0.103. The molecule has 18 heavy (non-hydrogen) atoms. The quantitative estimate of drug-likeness (QED) is 0.915. The standard InChI is InChI=1S/C14H14BrNO2/c15-10-6-5-9-7-13(18-12(9)8-10)14(17)16-11-3-1-2-4-11/h5-8,11H,1-4H2,(H,16,17). The molecule has 1 N–H and O–H groups in total. The molecule has 1 fully saturated rings. The summed E-state index contributed by atoms with van der Waals surface area (Å²) in [5, 5.41) is 3.98. The Labute approximate surface area is 114 Å². The number of hydrogen-bond donors (Lipinski definition) is 1. The van der Waals surface area contributed by atoms with Gasteiger partial charge in [-0.3, -0.25) is 4.79 Å². The van der Waals surface area contributed by atoms with Gasteiger partial charge in [-0.05, 0) is 37.1 Å². The first-order valence-electron chi connectivity index (χ1n) is 6.22. The zero-order chi connectivity index (χ0) is 12.5. The highest BCUT2D eigenvalue weighted by atomic mass is 79.9. The minimum Gasteiger partial charge on any atom is -0.451 e. The van der Waals surface area contributed by atoms with Crippen molar-refractivity contribution in [3.8, 4) is 0 Å². The number of halogens is 1. The second-order valence-corrected chi connectivity index (χ2v) is 5.66. The van der Waals surface area contributed by atoms with Crippen LogP contribution in [-0.4, -0.2) is 11.9 Å². The van der Waals surface area contributed by atoms with E-state index in [4.69, 9.17) is 4.42 Å².